The maximum atomic E-state index is 13.5. The van der Waals surface area contributed by atoms with Gasteiger partial charge in [-0.15, -0.1) is 0 Å². The fourth-order valence-electron chi connectivity index (χ4n) is 3.96. The molecule has 2 aromatic carbocycles. The normalized spacial score (nSPS) is 11.7. The molecule has 0 fully saturated rings. The van der Waals surface area contributed by atoms with E-state index in [0.29, 0.717) is 63.0 Å². The maximum Gasteiger partial charge on any atom is 0.242 e. The second-order valence-corrected chi connectivity index (χ2v) is 9.16. The molecule has 1 N–H and O–H groups in total. The van der Waals surface area contributed by atoms with E-state index in [2.05, 4.69) is 19.2 Å². The van der Waals surface area contributed by atoms with Crippen LogP contribution >= 0.6 is 0 Å². The number of nitrogens with one attached hydrogen (secondary N) is 1. The highest BCUT2D eigenvalue weighted by Crippen LogP contribution is 2.29. The lowest BCUT2D eigenvalue weighted by molar-refractivity contribution is -0.141. The minimum Gasteiger partial charge on any atom is -0.490 e. The molecule has 35 heavy (non-hydrogen) atoms. The van der Waals surface area contributed by atoms with Crippen LogP contribution in [0.25, 0.3) is 0 Å². The summed E-state index contributed by atoms with van der Waals surface area (Å²) < 4.78 is 11.4. The van der Waals surface area contributed by atoms with Crippen LogP contribution in [-0.4, -0.2) is 42.5 Å². The molecule has 0 saturated heterocycles. The Bertz CT molecular complexity index is 957. The van der Waals surface area contributed by atoms with Gasteiger partial charge in [0.2, 0.25) is 11.8 Å². The van der Waals surface area contributed by atoms with Gasteiger partial charge >= 0.3 is 0 Å². The molecule has 0 aromatic heterocycles. The molecule has 6 nitrogen and oxygen atoms in total. The van der Waals surface area contributed by atoms with Crippen LogP contribution < -0.4 is 14.8 Å². The van der Waals surface area contributed by atoms with Gasteiger partial charge in [-0.25, -0.2) is 0 Å². The third-order valence-electron chi connectivity index (χ3n) is 5.91. The van der Waals surface area contributed by atoms with Crippen LogP contribution in [0.3, 0.4) is 0 Å². The van der Waals surface area contributed by atoms with Crippen molar-refractivity contribution in [2.24, 2.45) is 5.92 Å². The lowest BCUT2D eigenvalue weighted by Gasteiger charge is -2.31. The van der Waals surface area contributed by atoms with Crippen molar-refractivity contribution >= 4 is 11.8 Å². The van der Waals surface area contributed by atoms with Crippen molar-refractivity contribution in [3.63, 3.8) is 0 Å². The fourth-order valence-corrected chi connectivity index (χ4v) is 3.96. The molecule has 0 saturated carbocycles. The quantitative estimate of drug-likeness (QED) is 0.397. The molecule has 2 aromatic rings. The van der Waals surface area contributed by atoms with E-state index in [1.165, 1.54) is 0 Å². The average molecular weight is 483 g/mol. The number of aryl methyl sites for hydroxylation is 2. The van der Waals surface area contributed by atoms with Crippen LogP contribution in [0.1, 0.15) is 64.2 Å². The molecule has 0 bridgehead atoms. The highest BCUT2D eigenvalue weighted by atomic mass is 16.5. The number of benzene rings is 2. The number of ether oxygens (including phenoxy) is 2. The fraction of sp³-hybridized carbons (Fsp3) is 0.517. The van der Waals surface area contributed by atoms with Gasteiger partial charge in [0.15, 0.2) is 11.5 Å². The Kier molecular flexibility index (Phi) is 11.6. The van der Waals surface area contributed by atoms with Crippen LogP contribution in [0.5, 0.6) is 11.5 Å². The topological polar surface area (TPSA) is 67.9 Å². The largest absolute Gasteiger partial charge is 0.490 e. The van der Waals surface area contributed by atoms with E-state index in [1.54, 1.807) is 4.90 Å². The van der Waals surface area contributed by atoms with E-state index < -0.39 is 6.04 Å². The summed E-state index contributed by atoms with van der Waals surface area (Å²) in [4.78, 5) is 28.3. The number of amides is 2. The van der Waals surface area contributed by atoms with Crippen molar-refractivity contribution in [3.8, 4) is 11.5 Å². The van der Waals surface area contributed by atoms with Gasteiger partial charge in [-0.2, -0.15) is 0 Å². The number of carbonyl (C=O) groups excluding carboxylic acids is 2. The van der Waals surface area contributed by atoms with E-state index in [4.69, 9.17) is 9.47 Å². The number of nitrogens with zero attached hydrogens (tertiary/aromatic N) is 1. The molecular weight excluding hydrogens is 440 g/mol. The second kappa shape index (κ2) is 14.4. The van der Waals surface area contributed by atoms with E-state index >= 15 is 0 Å². The lowest BCUT2D eigenvalue weighted by Crippen LogP contribution is -2.49. The zero-order chi connectivity index (χ0) is 25.8. The molecule has 0 spiro atoms. The van der Waals surface area contributed by atoms with Gasteiger partial charge in [-0.1, -0.05) is 51.1 Å². The molecule has 2 rings (SSSR count). The van der Waals surface area contributed by atoms with Gasteiger partial charge in [0.1, 0.15) is 6.04 Å². The minimum atomic E-state index is -0.514. The summed E-state index contributed by atoms with van der Waals surface area (Å²) in [6.45, 7) is 14.1. The van der Waals surface area contributed by atoms with Crippen molar-refractivity contribution in [2.75, 3.05) is 19.8 Å². The van der Waals surface area contributed by atoms with Gasteiger partial charge in [0.05, 0.1) is 13.2 Å². The Balaban J connectivity index is 2.23. The van der Waals surface area contributed by atoms with Crippen LogP contribution in [-0.2, 0) is 22.6 Å². The zero-order valence-corrected chi connectivity index (χ0v) is 22.2. The monoisotopic (exact) mass is 482 g/mol. The first-order valence-electron chi connectivity index (χ1n) is 12.8. The van der Waals surface area contributed by atoms with Crippen molar-refractivity contribution in [3.05, 3.63) is 59.2 Å². The Labute approximate surface area is 211 Å². The van der Waals surface area contributed by atoms with Crippen molar-refractivity contribution in [1.29, 1.82) is 0 Å². The minimum absolute atomic E-state index is 0.0355. The Morgan fingerprint density at radius 2 is 1.66 bits per heavy atom. The first-order chi connectivity index (χ1) is 16.8. The third-order valence-corrected chi connectivity index (χ3v) is 5.91. The van der Waals surface area contributed by atoms with Crippen LogP contribution in [0.4, 0.5) is 0 Å². The predicted molar refractivity (Wildman–Crippen MR) is 141 cm³/mol. The Hall–Kier alpha value is -3.02. The molecule has 6 heteroatoms. The van der Waals surface area contributed by atoms with Crippen LogP contribution in [0.15, 0.2) is 42.5 Å². The summed E-state index contributed by atoms with van der Waals surface area (Å²) in [7, 11) is 0. The van der Waals surface area contributed by atoms with E-state index in [-0.39, 0.29) is 11.8 Å². The van der Waals surface area contributed by atoms with Crippen LogP contribution in [0.2, 0.25) is 0 Å². The van der Waals surface area contributed by atoms with Gasteiger partial charge in [0, 0.05) is 19.5 Å². The summed E-state index contributed by atoms with van der Waals surface area (Å²) in [6, 6.07) is 13.3. The van der Waals surface area contributed by atoms with Gasteiger partial charge in [-0.05, 0) is 68.4 Å². The number of hydrogen-bond donors (Lipinski definition) is 1. The molecule has 0 aliphatic rings. The van der Waals surface area contributed by atoms with Crippen molar-refractivity contribution in [1.82, 2.24) is 10.2 Å². The predicted octanol–water partition coefficient (Wildman–Crippen LogP) is 5.30. The SMILES string of the molecule is CCOc1ccc(CCC(=O)N(Cc2ccccc2C)[C@@H](CC)C(=O)NCC(C)C)cc1OCC. The second-order valence-electron chi connectivity index (χ2n) is 9.16. The summed E-state index contributed by atoms with van der Waals surface area (Å²) in [6.07, 6.45) is 1.41. The average Bonchev–Trinajstić information content (AvgIpc) is 2.84. The zero-order valence-electron chi connectivity index (χ0n) is 22.2. The maximum absolute atomic E-state index is 13.5. The van der Waals surface area contributed by atoms with Gasteiger partial charge in [-0.3, -0.25) is 9.59 Å². The van der Waals surface area contributed by atoms with E-state index in [1.807, 2.05) is 70.2 Å². The Morgan fingerprint density at radius 1 is 0.971 bits per heavy atom. The first kappa shape index (κ1) is 28.2. The summed E-state index contributed by atoms with van der Waals surface area (Å²) in [5, 5.41) is 3.02. The number of carbonyl (C=O) groups is 2. The Morgan fingerprint density at radius 3 is 2.29 bits per heavy atom. The molecule has 1 atom stereocenters. The van der Waals surface area contributed by atoms with E-state index in [9.17, 15) is 9.59 Å². The highest BCUT2D eigenvalue weighted by Gasteiger charge is 2.28. The highest BCUT2D eigenvalue weighted by molar-refractivity contribution is 5.87. The molecule has 0 heterocycles. The lowest BCUT2D eigenvalue weighted by atomic mass is 10.0. The number of hydrogen-bond acceptors (Lipinski definition) is 4. The van der Waals surface area contributed by atoms with Crippen LogP contribution in [0, 0.1) is 12.8 Å². The van der Waals surface area contributed by atoms with Crippen molar-refractivity contribution in [2.45, 2.75) is 73.4 Å². The first-order valence-corrected chi connectivity index (χ1v) is 12.8. The molecular formula is C29H42N2O4. The molecule has 0 aliphatic heterocycles. The summed E-state index contributed by atoms with van der Waals surface area (Å²) in [5.41, 5.74) is 3.16. The standard InChI is InChI=1S/C29H42N2O4/c1-7-25(29(33)30-19-21(4)5)31(20-24-13-11-10-12-22(24)6)28(32)17-15-23-14-16-26(34-8-2)27(18-23)35-9-3/h10-14,16,18,21,25H,7-9,15,17,19-20H2,1-6H3,(H,30,33)/t25-/m0/s1. The molecule has 0 aliphatic carbocycles. The van der Waals surface area contributed by atoms with Gasteiger partial charge in [0.25, 0.3) is 0 Å². The summed E-state index contributed by atoms with van der Waals surface area (Å²) in [5.74, 6) is 1.61. The number of rotatable bonds is 14. The smallest absolute Gasteiger partial charge is 0.242 e. The summed E-state index contributed by atoms with van der Waals surface area (Å²) >= 11 is 0. The van der Waals surface area contributed by atoms with Gasteiger partial charge < -0.3 is 19.7 Å². The molecule has 0 unspecified atom stereocenters. The third kappa shape index (κ3) is 8.61. The molecule has 192 valence electrons. The van der Waals surface area contributed by atoms with E-state index in [0.717, 1.165) is 16.7 Å². The molecule has 0 radical (unpaired) electrons. The van der Waals surface area contributed by atoms with Crippen molar-refractivity contribution < 1.29 is 19.1 Å². The molecule has 2 amide bonds.